The van der Waals surface area contributed by atoms with Gasteiger partial charge in [-0.3, -0.25) is 4.79 Å². The highest BCUT2D eigenvalue weighted by atomic mass is 35.5. The third-order valence-corrected chi connectivity index (χ3v) is 4.64. The number of hydrogen-bond donors (Lipinski definition) is 3. The summed E-state index contributed by atoms with van der Waals surface area (Å²) in [6, 6.07) is 12.9. The van der Waals surface area contributed by atoms with Crippen molar-refractivity contribution in [3.63, 3.8) is 0 Å². The van der Waals surface area contributed by atoms with Gasteiger partial charge < -0.3 is 16.0 Å². The first-order valence-electron chi connectivity index (χ1n) is 8.94. The first kappa shape index (κ1) is 22.0. The van der Waals surface area contributed by atoms with E-state index in [0.717, 1.165) is 30.8 Å². The molecule has 2 aromatic rings. The number of alkyl halides is 3. The molecule has 0 aromatic heterocycles. The predicted octanol–water partition coefficient (Wildman–Crippen LogP) is 4.68. The topological polar surface area (TPSA) is 53.2 Å². The molecule has 2 aromatic carbocycles. The number of anilines is 2. The summed E-state index contributed by atoms with van der Waals surface area (Å²) in [6.45, 7) is 1.92. The molecule has 1 aliphatic heterocycles. The quantitative estimate of drug-likeness (QED) is 0.667. The van der Waals surface area contributed by atoms with Crippen LogP contribution in [0.1, 0.15) is 24.0 Å². The maximum atomic E-state index is 13.1. The van der Waals surface area contributed by atoms with Gasteiger partial charge in [-0.05, 0) is 49.7 Å². The molecule has 1 saturated heterocycles. The number of carbonyl (C=O) groups excluding carboxylic acids is 1. The highest BCUT2D eigenvalue weighted by Gasteiger charge is 2.31. The highest BCUT2D eigenvalue weighted by molar-refractivity contribution is 5.96. The molecule has 152 valence electrons. The smallest absolute Gasteiger partial charge is 0.379 e. The molecule has 0 bridgehead atoms. The van der Waals surface area contributed by atoms with E-state index >= 15 is 0 Å². The number of hydrogen-bond acceptors (Lipinski definition) is 3. The van der Waals surface area contributed by atoms with Gasteiger partial charge in [0.2, 0.25) is 5.91 Å². The zero-order valence-corrected chi connectivity index (χ0v) is 16.0. The maximum Gasteiger partial charge on any atom is 0.416 e. The van der Waals surface area contributed by atoms with Crippen LogP contribution in [0.2, 0.25) is 0 Å². The summed E-state index contributed by atoms with van der Waals surface area (Å²) in [5.41, 5.74) is 0.833. The second-order valence-electron chi connectivity index (χ2n) is 6.61. The Morgan fingerprint density at radius 1 is 1.04 bits per heavy atom. The Hall–Kier alpha value is -2.25. The molecular formula is C20H23ClF3N3O. The molecule has 1 aliphatic rings. The van der Waals surface area contributed by atoms with Crippen LogP contribution in [0.25, 0.3) is 0 Å². The van der Waals surface area contributed by atoms with Crippen LogP contribution in [0.3, 0.4) is 0 Å². The van der Waals surface area contributed by atoms with Crippen molar-refractivity contribution in [2.45, 2.75) is 25.6 Å². The van der Waals surface area contributed by atoms with Gasteiger partial charge in [0, 0.05) is 12.5 Å². The van der Waals surface area contributed by atoms with E-state index in [9.17, 15) is 18.0 Å². The molecular weight excluding hydrogens is 391 g/mol. The van der Waals surface area contributed by atoms with E-state index < -0.39 is 11.7 Å². The van der Waals surface area contributed by atoms with E-state index in [1.54, 1.807) is 0 Å². The molecule has 0 unspecified atom stereocenters. The normalized spacial score (nSPS) is 14.8. The SMILES string of the molecule is Cl.O=C(Nc1cc(C(F)(F)F)ccc1NCc1ccccc1)C1CCNCC1. The van der Waals surface area contributed by atoms with Gasteiger partial charge in [0.15, 0.2) is 0 Å². The summed E-state index contributed by atoms with van der Waals surface area (Å²) >= 11 is 0. The largest absolute Gasteiger partial charge is 0.416 e. The molecule has 0 aliphatic carbocycles. The first-order valence-corrected chi connectivity index (χ1v) is 8.94. The standard InChI is InChI=1S/C20H22F3N3O.ClH/c21-20(22,23)16-6-7-17(25-13-14-4-2-1-3-5-14)18(12-16)26-19(27)15-8-10-24-11-9-15;/h1-7,12,15,24-25H,8-11,13H2,(H,26,27);1H. The van der Waals surface area contributed by atoms with Gasteiger partial charge in [-0.1, -0.05) is 30.3 Å². The fraction of sp³-hybridized carbons (Fsp3) is 0.350. The number of piperidine rings is 1. The van der Waals surface area contributed by atoms with Crippen LogP contribution in [0, 0.1) is 5.92 Å². The minimum absolute atomic E-state index is 0. The summed E-state index contributed by atoms with van der Waals surface area (Å²) < 4.78 is 39.3. The Labute approximate surface area is 168 Å². The number of nitrogens with one attached hydrogen (secondary N) is 3. The van der Waals surface area contributed by atoms with Crippen molar-refractivity contribution in [3.05, 3.63) is 59.7 Å². The second-order valence-corrected chi connectivity index (χ2v) is 6.61. The van der Waals surface area contributed by atoms with Crippen LogP contribution in [-0.4, -0.2) is 19.0 Å². The minimum Gasteiger partial charge on any atom is -0.379 e. The van der Waals surface area contributed by atoms with Crippen LogP contribution < -0.4 is 16.0 Å². The van der Waals surface area contributed by atoms with Gasteiger partial charge in [0.05, 0.1) is 16.9 Å². The van der Waals surface area contributed by atoms with Gasteiger partial charge in [-0.2, -0.15) is 13.2 Å². The van der Waals surface area contributed by atoms with E-state index in [4.69, 9.17) is 0 Å². The lowest BCUT2D eigenvalue weighted by molar-refractivity contribution is -0.137. The fourth-order valence-corrected chi connectivity index (χ4v) is 3.09. The van der Waals surface area contributed by atoms with Crippen molar-refractivity contribution in [2.24, 2.45) is 5.92 Å². The van der Waals surface area contributed by atoms with Crippen molar-refractivity contribution in [3.8, 4) is 0 Å². The number of benzene rings is 2. The zero-order valence-electron chi connectivity index (χ0n) is 15.2. The maximum absolute atomic E-state index is 13.1. The molecule has 0 saturated carbocycles. The lowest BCUT2D eigenvalue weighted by Crippen LogP contribution is -2.34. The highest BCUT2D eigenvalue weighted by Crippen LogP contribution is 2.34. The second kappa shape index (κ2) is 9.80. The number of halogens is 4. The van der Waals surface area contributed by atoms with Crippen LogP contribution >= 0.6 is 12.4 Å². The Balaban J connectivity index is 0.00000280. The summed E-state index contributed by atoms with van der Waals surface area (Å²) in [7, 11) is 0. The minimum atomic E-state index is -4.47. The lowest BCUT2D eigenvalue weighted by atomic mass is 9.97. The molecule has 4 nitrogen and oxygen atoms in total. The Bertz CT molecular complexity index is 778. The summed E-state index contributed by atoms with van der Waals surface area (Å²) in [4.78, 5) is 12.5. The van der Waals surface area contributed by atoms with Crippen molar-refractivity contribution < 1.29 is 18.0 Å². The van der Waals surface area contributed by atoms with Crippen LogP contribution in [0.4, 0.5) is 24.5 Å². The molecule has 3 rings (SSSR count). The van der Waals surface area contributed by atoms with Gasteiger partial charge in [0.1, 0.15) is 0 Å². The Morgan fingerprint density at radius 3 is 2.36 bits per heavy atom. The van der Waals surface area contributed by atoms with E-state index in [-0.39, 0.29) is 29.9 Å². The van der Waals surface area contributed by atoms with Gasteiger partial charge in [-0.25, -0.2) is 0 Å². The average molecular weight is 414 g/mol. The molecule has 1 amide bonds. The van der Waals surface area contributed by atoms with Gasteiger partial charge in [-0.15, -0.1) is 12.4 Å². The van der Waals surface area contributed by atoms with Crippen molar-refractivity contribution >= 4 is 29.7 Å². The van der Waals surface area contributed by atoms with Crippen molar-refractivity contribution in [1.29, 1.82) is 0 Å². The first-order chi connectivity index (χ1) is 12.9. The van der Waals surface area contributed by atoms with E-state index in [1.807, 2.05) is 30.3 Å². The number of amides is 1. The van der Waals surface area contributed by atoms with Gasteiger partial charge in [0.25, 0.3) is 0 Å². The van der Waals surface area contributed by atoms with E-state index in [2.05, 4.69) is 16.0 Å². The fourth-order valence-electron chi connectivity index (χ4n) is 3.09. The molecule has 8 heteroatoms. The molecule has 1 fully saturated rings. The zero-order chi connectivity index (χ0) is 19.3. The van der Waals surface area contributed by atoms with Crippen molar-refractivity contribution in [2.75, 3.05) is 23.7 Å². The molecule has 28 heavy (non-hydrogen) atoms. The molecule has 1 heterocycles. The Kier molecular flexibility index (Phi) is 7.71. The van der Waals surface area contributed by atoms with Crippen LogP contribution in [-0.2, 0) is 17.5 Å². The molecule has 0 radical (unpaired) electrons. The van der Waals surface area contributed by atoms with Gasteiger partial charge >= 0.3 is 6.18 Å². The van der Waals surface area contributed by atoms with Crippen LogP contribution in [0.15, 0.2) is 48.5 Å². The van der Waals surface area contributed by atoms with Crippen LogP contribution in [0.5, 0.6) is 0 Å². The third kappa shape index (κ3) is 5.87. The number of carbonyl (C=O) groups is 1. The summed E-state index contributed by atoms with van der Waals surface area (Å²) in [6.07, 6.45) is -3.11. The Morgan fingerprint density at radius 2 is 1.71 bits per heavy atom. The third-order valence-electron chi connectivity index (χ3n) is 4.64. The molecule has 3 N–H and O–H groups in total. The van der Waals surface area contributed by atoms with Crippen molar-refractivity contribution in [1.82, 2.24) is 5.32 Å². The average Bonchev–Trinajstić information content (AvgIpc) is 2.67. The molecule has 0 atom stereocenters. The number of rotatable bonds is 5. The predicted molar refractivity (Wildman–Crippen MR) is 107 cm³/mol. The summed E-state index contributed by atoms with van der Waals surface area (Å²) in [5, 5.41) is 8.99. The monoisotopic (exact) mass is 413 g/mol. The summed E-state index contributed by atoms with van der Waals surface area (Å²) in [5.74, 6) is -0.429. The van der Waals surface area contributed by atoms with E-state index in [1.165, 1.54) is 6.07 Å². The molecule has 0 spiro atoms. The lowest BCUT2D eigenvalue weighted by Gasteiger charge is -2.23. The van der Waals surface area contributed by atoms with E-state index in [0.29, 0.717) is 25.1 Å².